The van der Waals surface area contributed by atoms with Gasteiger partial charge in [-0.2, -0.15) is 0 Å². The number of carbonyl (C=O) groups is 2. The number of ketones is 1. The van der Waals surface area contributed by atoms with Crippen molar-refractivity contribution in [1.29, 1.82) is 0 Å². The number of anilines is 1. The van der Waals surface area contributed by atoms with E-state index in [0.29, 0.717) is 26.0 Å². The Hall–Kier alpha value is -2.16. The largest absolute Gasteiger partial charge is 0.491 e. The van der Waals surface area contributed by atoms with Gasteiger partial charge >= 0.3 is 13.1 Å². The van der Waals surface area contributed by atoms with Crippen LogP contribution in [-0.2, 0) is 25.6 Å². The SMILES string of the molecule is C=C[C@]1(C)C[C@@H](OC(=O)CCNc2ccc3c(c2)B(O)OC3)[C@]2(C)[C@H](C)CC[C@]3(CCC(=O)[C@H]32)[C@@H](C)[C@@H]1O. The lowest BCUT2D eigenvalue weighted by molar-refractivity contribution is -0.206. The fraction of sp³-hybridized carbons (Fsp3) is 0.667. The van der Waals surface area contributed by atoms with E-state index in [1.54, 1.807) is 0 Å². The summed E-state index contributed by atoms with van der Waals surface area (Å²) >= 11 is 0. The van der Waals surface area contributed by atoms with Crippen LogP contribution in [0.3, 0.4) is 0 Å². The smallest absolute Gasteiger partial charge is 0.462 e. The number of aliphatic hydroxyl groups is 1. The minimum atomic E-state index is -0.920. The van der Waals surface area contributed by atoms with E-state index in [9.17, 15) is 19.7 Å². The first-order valence-corrected chi connectivity index (χ1v) is 14.2. The Kier molecular flexibility index (Phi) is 7.06. The average Bonchev–Trinajstić information content (AvgIpc) is 3.45. The summed E-state index contributed by atoms with van der Waals surface area (Å²) in [6.45, 7) is 13.3. The van der Waals surface area contributed by atoms with Crippen LogP contribution in [0, 0.1) is 34.0 Å². The summed E-state index contributed by atoms with van der Waals surface area (Å²) < 4.78 is 11.6. The number of hydrogen-bond donors (Lipinski definition) is 3. The second-order valence-corrected chi connectivity index (χ2v) is 12.8. The molecule has 7 nitrogen and oxygen atoms in total. The number of benzene rings is 1. The highest BCUT2D eigenvalue weighted by molar-refractivity contribution is 6.61. The third kappa shape index (κ3) is 4.15. The number of fused-ring (bicyclic) bond motifs is 1. The molecule has 0 spiro atoms. The molecular weight excluding hydrogens is 481 g/mol. The number of ether oxygens (including phenoxy) is 1. The van der Waals surface area contributed by atoms with Crippen LogP contribution >= 0.6 is 0 Å². The van der Waals surface area contributed by atoms with Crippen molar-refractivity contribution in [2.45, 2.75) is 85.0 Å². The molecule has 1 heterocycles. The predicted octanol–water partition coefficient (Wildman–Crippen LogP) is 3.61. The third-order valence-electron chi connectivity index (χ3n) is 11.0. The number of nitrogens with one attached hydrogen (secondary N) is 1. The van der Waals surface area contributed by atoms with Gasteiger partial charge in [0, 0.05) is 35.4 Å². The van der Waals surface area contributed by atoms with Gasteiger partial charge in [-0.25, -0.2) is 0 Å². The number of esters is 1. The molecule has 0 radical (unpaired) electrons. The summed E-state index contributed by atoms with van der Waals surface area (Å²) in [4.78, 5) is 26.8. The predicted molar refractivity (Wildman–Crippen MR) is 147 cm³/mol. The van der Waals surface area contributed by atoms with E-state index in [2.05, 4.69) is 32.7 Å². The molecule has 3 N–H and O–H groups in total. The quantitative estimate of drug-likeness (QED) is 0.297. The zero-order valence-corrected chi connectivity index (χ0v) is 23.2. The average molecular weight is 523 g/mol. The molecule has 8 heteroatoms. The molecule has 2 bridgehead atoms. The molecule has 3 aliphatic carbocycles. The molecule has 3 fully saturated rings. The molecule has 206 valence electrons. The van der Waals surface area contributed by atoms with Crippen molar-refractivity contribution in [2.75, 3.05) is 11.9 Å². The van der Waals surface area contributed by atoms with E-state index in [0.717, 1.165) is 36.0 Å². The first kappa shape index (κ1) is 27.4. The second-order valence-electron chi connectivity index (χ2n) is 12.8. The van der Waals surface area contributed by atoms with Gasteiger partial charge in [0.05, 0.1) is 19.1 Å². The minimum Gasteiger partial charge on any atom is -0.462 e. The van der Waals surface area contributed by atoms with Gasteiger partial charge in [-0.05, 0) is 66.1 Å². The molecule has 0 unspecified atom stereocenters. The van der Waals surface area contributed by atoms with Gasteiger partial charge in [0.1, 0.15) is 11.9 Å². The van der Waals surface area contributed by atoms with Gasteiger partial charge < -0.3 is 24.8 Å². The van der Waals surface area contributed by atoms with Gasteiger partial charge in [-0.1, -0.05) is 39.8 Å². The van der Waals surface area contributed by atoms with E-state index < -0.39 is 30.2 Å². The summed E-state index contributed by atoms with van der Waals surface area (Å²) in [6.07, 6.45) is 4.41. The van der Waals surface area contributed by atoms with Crippen LogP contribution in [0.5, 0.6) is 0 Å². The van der Waals surface area contributed by atoms with Crippen molar-refractivity contribution in [3.05, 3.63) is 36.4 Å². The molecule has 5 rings (SSSR count). The number of aliphatic hydroxyl groups excluding tert-OH is 1. The van der Waals surface area contributed by atoms with Crippen LogP contribution in [0.2, 0.25) is 0 Å². The van der Waals surface area contributed by atoms with Crippen molar-refractivity contribution in [1.82, 2.24) is 0 Å². The second kappa shape index (κ2) is 9.79. The highest BCUT2D eigenvalue weighted by Gasteiger charge is 2.68. The summed E-state index contributed by atoms with van der Waals surface area (Å²) in [5.74, 6) is -0.142. The maximum Gasteiger partial charge on any atom is 0.491 e. The van der Waals surface area contributed by atoms with Crippen LogP contribution in [0.1, 0.15) is 71.8 Å². The first-order valence-electron chi connectivity index (χ1n) is 14.2. The number of rotatable bonds is 6. The summed E-state index contributed by atoms with van der Waals surface area (Å²) in [5.41, 5.74) is 1.07. The molecule has 3 saturated carbocycles. The number of carbonyl (C=O) groups excluding carboxylic acids is 2. The maximum absolute atomic E-state index is 13.5. The van der Waals surface area contributed by atoms with Crippen LogP contribution in [-0.4, -0.2) is 47.8 Å². The summed E-state index contributed by atoms with van der Waals surface area (Å²) in [5, 5.41) is 24.9. The standard InChI is InChI=1S/C30H42BNO6/c1-6-28(4)16-24(38-25(34)11-14-32-21-8-7-20-17-37-31(36)22(20)15-21)29(5)18(2)9-12-30(19(3)27(28)35)13-10-23(33)26(29)30/h6-8,15,18-19,24,26-27,32,35-36H,1,9-14,16-17H2,2-5H3/t18-,19+,24-,26+,27+,28-,29+,30+/m1/s1. The van der Waals surface area contributed by atoms with E-state index >= 15 is 0 Å². The number of Topliss-reactive ketones (excluding diaryl/α,β-unsaturated/α-hetero) is 1. The monoisotopic (exact) mass is 523 g/mol. The van der Waals surface area contributed by atoms with Crippen molar-refractivity contribution < 1.29 is 29.1 Å². The molecule has 4 aliphatic rings. The van der Waals surface area contributed by atoms with Crippen LogP contribution in [0.15, 0.2) is 30.9 Å². The fourth-order valence-electron chi connectivity index (χ4n) is 8.35. The summed E-state index contributed by atoms with van der Waals surface area (Å²) in [7, 11) is -0.920. The topological polar surface area (TPSA) is 105 Å². The van der Waals surface area contributed by atoms with E-state index in [4.69, 9.17) is 9.39 Å². The van der Waals surface area contributed by atoms with Crippen LogP contribution in [0.25, 0.3) is 0 Å². The Morgan fingerprint density at radius 1 is 1.32 bits per heavy atom. The fourth-order valence-corrected chi connectivity index (χ4v) is 8.35. The highest BCUT2D eigenvalue weighted by atomic mass is 16.5. The molecule has 38 heavy (non-hydrogen) atoms. The Balaban J connectivity index is 1.37. The minimum absolute atomic E-state index is 0.0501. The van der Waals surface area contributed by atoms with Crippen molar-refractivity contribution in [2.24, 2.45) is 34.0 Å². The molecule has 0 amide bonds. The van der Waals surface area contributed by atoms with Gasteiger partial charge in [-0.3, -0.25) is 9.59 Å². The Labute approximate surface area is 226 Å². The van der Waals surface area contributed by atoms with Crippen LogP contribution < -0.4 is 10.8 Å². The Morgan fingerprint density at radius 3 is 2.82 bits per heavy atom. The van der Waals surface area contributed by atoms with Gasteiger partial charge in [-0.15, -0.1) is 6.58 Å². The third-order valence-corrected chi connectivity index (χ3v) is 11.0. The maximum atomic E-state index is 13.5. The lowest BCUT2D eigenvalue weighted by atomic mass is 9.44. The lowest BCUT2D eigenvalue weighted by Gasteiger charge is -2.61. The zero-order chi connectivity index (χ0) is 27.5. The van der Waals surface area contributed by atoms with Crippen molar-refractivity contribution in [3.8, 4) is 0 Å². The molecule has 1 aromatic rings. The van der Waals surface area contributed by atoms with Crippen molar-refractivity contribution >= 4 is 30.0 Å². The van der Waals surface area contributed by atoms with Crippen LogP contribution in [0.4, 0.5) is 5.69 Å². The molecule has 0 aromatic heterocycles. The molecule has 0 saturated heterocycles. The lowest BCUT2D eigenvalue weighted by Crippen LogP contribution is -2.63. The Morgan fingerprint density at radius 2 is 2.08 bits per heavy atom. The first-order chi connectivity index (χ1) is 18.0. The van der Waals surface area contributed by atoms with Gasteiger partial charge in [0.25, 0.3) is 0 Å². The normalized spacial score (nSPS) is 40.1. The highest BCUT2D eigenvalue weighted by Crippen LogP contribution is 2.68. The van der Waals surface area contributed by atoms with Crippen molar-refractivity contribution in [3.63, 3.8) is 0 Å². The van der Waals surface area contributed by atoms with Gasteiger partial charge in [0.2, 0.25) is 0 Å². The molecule has 1 aliphatic heterocycles. The summed E-state index contributed by atoms with van der Waals surface area (Å²) in [6, 6.07) is 5.68. The molecule has 8 atom stereocenters. The zero-order valence-electron chi connectivity index (χ0n) is 23.2. The van der Waals surface area contributed by atoms with E-state index in [1.165, 1.54) is 0 Å². The Bertz CT molecular complexity index is 1130. The van der Waals surface area contributed by atoms with E-state index in [1.807, 2.05) is 31.2 Å². The van der Waals surface area contributed by atoms with E-state index in [-0.39, 0.29) is 41.3 Å². The molecular formula is C30H42BNO6. The number of hydrogen-bond acceptors (Lipinski definition) is 7. The molecule has 1 aromatic carbocycles. The van der Waals surface area contributed by atoms with Gasteiger partial charge in [0.15, 0.2) is 0 Å².